The van der Waals surface area contributed by atoms with E-state index in [0.29, 0.717) is 17.2 Å². The summed E-state index contributed by atoms with van der Waals surface area (Å²) in [7, 11) is 0. The van der Waals surface area contributed by atoms with Crippen LogP contribution < -0.4 is 0 Å². The number of ether oxygens (including phenoxy) is 1. The molecule has 1 aromatic heterocycles. The van der Waals surface area contributed by atoms with Crippen molar-refractivity contribution in [3.63, 3.8) is 0 Å². The molecule has 0 bridgehead atoms. The number of aromatic nitrogens is 1. The molecular formula is C19H17NO3. The summed E-state index contributed by atoms with van der Waals surface area (Å²) in [5, 5.41) is 0. The Morgan fingerprint density at radius 2 is 1.91 bits per heavy atom. The van der Waals surface area contributed by atoms with Crippen LogP contribution in [0.15, 0.2) is 59.1 Å². The van der Waals surface area contributed by atoms with Gasteiger partial charge in [0, 0.05) is 5.56 Å². The fourth-order valence-electron chi connectivity index (χ4n) is 2.36. The van der Waals surface area contributed by atoms with Crippen molar-refractivity contribution < 1.29 is 13.9 Å². The van der Waals surface area contributed by atoms with Crippen LogP contribution in [-0.4, -0.2) is 11.0 Å². The maximum atomic E-state index is 12.1. The topological polar surface area (TPSA) is 52.3 Å². The van der Waals surface area contributed by atoms with E-state index >= 15 is 0 Å². The summed E-state index contributed by atoms with van der Waals surface area (Å²) in [5.74, 6) is 0.659. The lowest BCUT2D eigenvalue weighted by molar-refractivity contribution is 0.0438. The van der Waals surface area contributed by atoms with Crippen molar-refractivity contribution in [3.05, 3.63) is 77.3 Å². The van der Waals surface area contributed by atoms with Gasteiger partial charge in [0.15, 0.2) is 12.4 Å². The molecule has 4 heteroatoms. The molecule has 0 atom stereocenters. The minimum Gasteiger partial charge on any atom is -0.452 e. The molecule has 2 aromatic carbocycles. The van der Waals surface area contributed by atoms with Crippen molar-refractivity contribution in [1.82, 2.24) is 4.98 Å². The second-order valence-corrected chi connectivity index (χ2v) is 5.38. The summed E-state index contributed by atoms with van der Waals surface area (Å²) in [5.41, 5.74) is 3.50. The number of rotatable bonds is 4. The third-order valence-electron chi connectivity index (χ3n) is 3.54. The Hall–Kier alpha value is -2.88. The molecule has 0 unspecified atom stereocenters. The second-order valence-electron chi connectivity index (χ2n) is 5.38. The SMILES string of the molecule is Cc1ccc(C(=O)OCc2ncc(-c3ccccc3)o2)c(C)c1. The zero-order valence-corrected chi connectivity index (χ0v) is 13.1. The molecule has 23 heavy (non-hydrogen) atoms. The van der Waals surface area contributed by atoms with E-state index in [0.717, 1.165) is 16.7 Å². The number of benzene rings is 2. The van der Waals surface area contributed by atoms with Gasteiger partial charge < -0.3 is 9.15 Å². The molecule has 1 heterocycles. The highest BCUT2D eigenvalue weighted by atomic mass is 16.5. The predicted molar refractivity (Wildman–Crippen MR) is 87.0 cm³/mol. The van der Waals surface area contributed by atoms with Crippen LogP contribution in [0.3, 0.4) is 0 Å². The van der Waals surface area contributed by atoms with Gasteiger partial charge in [0.2, 0.25) is 5.89 Å². The molecule has 3 rings (SSSR count). The number of carbonyl (C=O) groups excluding carboxylic acids is 1. The summed E-state index contributed by atoms with van der Waals surface area (Å²) in [6.45, 7) is 3.89. The summed E-state index contributed by atoms with van der Waals surface area (Å²) in [4.78, 5) is 16.3. The first-order valence-corrected chi connectivity index (χ1v) is 7.38. The molecule has 0 aliphatic rings. The van der Waals surface area contributed by atoms with E-state index in [4.69, 9.17) is 9.15 Å². The zero-order valence-electron chi connectivity index (χ0n) is 13.1. The zero-order chi connectivity index (χ0) is 16.2. The second kappa shape index (κ2) is 6.48. The van der Waals surface area contributed by atoms with E-state index in [-0.39, 0.29) is 12.6 Å². The summed E-state index contributed by atoms with van der Waals surface area (Å²) in [6, 6.07) is 15.3. The fourth-order valence-corrected chi connectivity index (χ4v) is 2.36. The molecular weight excluding hydrogens is 290 g/mol. The predicted octanol–water partition coefficient (Wildman–Crippen LogP) is 4.32. The maximum Gasteiger partial charge on any atom is 0.338 e. The first-order valence-electron chi connectivity index (χ1n) is 7.38. The van der Waals surface area contributed by atoms with Gasteiger partial charge in [-0.3, -0.25) is 0 Å². The number of hydrogen-bond acceptors (Lipinski definition) is 4. The monoisotopic (exact) mass is 307 g/mol. The molecule has 4 nitrogen and oxygen atoms in total. The highest BCUT2D eigenvalue weighted by molar-refractivity contribution is 5.91. The van der Waals surface area contributed by atoms with Crippen LogP contribution in [0.2, 0.25) is 0 Å². The Morgan fingerprint density at radius 1 is 1.13 bits per heavy atom. The van der Waals surface area contributed by atoms with Crippen LogP contribution in [0.1, 0.15) is 27.4 Å². The average Bonchev–Trinajstić information content (AvgIpc) is 3.02. The molecule has 0 amide bonds. The van der Waals surface area contributed by atoms with Gasteiger partial charge in [0.25, 0.3) is 0 Å². The summed E-state index contributed by atoms with van der Waals surface area (Å²) in [6.07, 6.45) is 1.63. The minimum absolute atomic E-state index is 0.0129. The molecule has 3 aromatic rings. The Morgan fingerprint density at radius 3 is 2.65 bits per heavy atom. The summed E-state index contributed by atoms with van der Waals surface area (Å²) >= 11 is 0. The molecule has 0 aliphatic heterocycles. The van der Waals surface area contributed by atoms with Crippen molar-refractivity contribution in [2.45, 2.75) is 20.5 Å². The third kappa shape index (κ3) is 3.48. The largest absolute Gasteiger partial charge is 0.452 e. The van der Waals surface area contributed by atoms with Crippen LogP contribution in [0.4, 0.5) is 0 Å². The van der Waals surface area contributed by atoms with E-state index < -0.39 is 0 Å². The number of esters is 1. The lowest BCUT2D eigenvalue weighted by Crippen LogP contribution is -2.07. The highest BCUT2D eigenvalue weighted by Gasteiger charge is 2.13. The lowest BCUT2D eigenvalue weighted by atomic mass is 10.1. The lowest BCUT2D eigenvalue weighted by Gasteiger charge is -2.06. The minimum atomic E-state index is -0.373. The quantitative estimate of drug-likeness (QED) is 0.674. The van der Waals surface area contributed by atoms with Gasteiger partial charge in [-0.2, -0.15) is 0 Å². The van der Waals surface area contributed by atoms with Crippen molar-refractivity contribution in [2.24, 2.45) is 0 Å². The standard InChI is InChI=1S/C19H17NO3/c1-13-8-9-16(14(2)10-13)19(21)22-12-18-20-11-17(23-18)15-6-4-3-5-7-15/h3-11H,12H2,1-2H3. The van der Waals surface area contributed by atoms with Crippen LogP contribution in [0.5, 0.6) is 0 Å². The Bertz CT molecular complexity index is 822. The molecule has 0 spiro atoms. The van der Waals surface area contributed by atoms with Gasteiger partial charge in [-0.1, -0.05) is 48.0 Å². The smallest absolute Gasteiger partial charge is 0.338 e. The van der Waals surface area contributed by atoms with Gasteiger partial charge in [0.1, 0.15) is 0 Å². The number of nitrogens with zero attached hydrogens (tertiary/aromatic N) is 1. The third-order valence-corrected chi connectivity index (χ3v) is 3.54. The van der Waals surface area contributed by atoms with Gasteiger partial charge in [0.05, 0.1) is 11.8 Å². The number of hydrogen-bond donors (Lipinski definition) is 0. The van der Waals surface area contributed by atoms with Gasteiger partial charge in [-0.15, -0.1) is 0 Å². The van der Waals surface area contributed by atoms with E-state index in [2.05, 4.69) is 4.98 Å². The Kier molecular flexibility index (Phi) is 4.24. The molecule has 0 fully saturated rings. The Balaban J connectivity index is 1.67. The number of aryl methyl sites for hydroxylation is 2. The molecule has 116 valence electrons. The van der Waals surface area contributed by atoms with E-state index in [1.807, 2.05) is 56.3 Å². The average molecular weight is 307 g/mol. The Labute approximate surface area is 134 Å². The number of oxazole rings is 1. The molecule has 0 saturated carbocycles. The van der Waals surface area contributed by atoms with Crippen molar-refractivity contribution in [3.8, 4) is 11.3 Å². The van der Waals surface area contributed by atoms with E-state index in [1.54, 1.807) is 12.3 Å². The van der Waals surface area contributed by atoms with Crippen molar-refractivity contribution >= 4 is 5.97 Å². The van der Waals surface area contributed by atoms with Crippen LogP contribution in [0.25, 0.3) is 11.3 Å². The van der Waals surface area contributed by atoms with Gasteiger partial charge in [-0.25, -0.2) is 9.78 Å². The van der Waals surface area contributed by atoms with Crippen molar-refractivity contribution in [1.29, 1.82) is 0 Å². The normalized spacial score (nSPS) is 10.5. The van der Waals surface area contributed by atoms with Crippen molar-refractivity contribution in [2.75, 3.05) is 0 Å². The van der Waals surface area contributed by atoms with E-state index in [1.165, 1.54) is 0 Å². The van der Waals surface area contributed by atoms with E-state index in [9.17, 15) is 4.79 Å². The van der Waals surface area contributed by atoms with Crippen LogP contribution >= 0.6 is 0 Å². The highest BCUT2D eigenvalue weighted by Crippen LogP contribution is 2.20. The molecule has 0 radical (unpaired) electrons. The molecule has 0 saturated heterocycles. The molecule has 0 N–H and O–H groups in total. The maximum absolute atomic E-state index is 12.1. The summed E-state index contributed by atoms with van der Waals surface area (Å²) < 4.78 is 10.9. The number of carbonyl (C=O) groups is 1. The van der Waals surface area contributed by atoms with Crippen LogP contribution in [0, 0.1) is 13.8 Å². The molecule has 0 aliphatic carbocycles. The van der Waals surface area contributed by atoms with Crippen LogP contribution in [-0.2, 0) is 11.3 Å². The van der Waals surface area contributed by atoms with Gasteiger partial charge in [-0.05, 0) is 25.5 Å². The fraction of sp³-hybridized carbons (Fsp3) is 0.158. The first kappa shape index (κ1) is 15.0. The first-order chi connectivity index (χ1) is 11.1. The van der Waals surface area contributed by atoms with Gasteiger partial charge >= 0.3 is 5.97 Å².